The molecule has 3 rings (SSSR count). The van der Waals surface area contributed by atoms with E-state index in [0.29, 0.717) is 19.5 Å². The first-order valence-electron chi connectivity index (χ1n) is 9.61. The monoisotopic (exact) mass is 358 g/mol. The highest BCUT2D eigenvalue weighted by Gasteiger charge is 2.28. The van der Waals surface area contributed by atoms with Gasteiger partial charge in [-0.05, 0) is 18.3 Å². The van der Waals surface area contributed by atoms with Gasteiger partial charge in [-0.15, -0.1) is 0 Å². The van der Waals surface area contributed by atoms with Gasteiger partial charge in [-0.2, -0.15) is 0 Å². The van der Waals surface area contributed by atoms with Gasteiger partial charge in [0.2, 0.25) is 11.8 Å². The average Bonchev–Trinajstić information content (AvgIpc) is 2.59. The third kappa shape index (κ3) is 4.40. The summed E-state index contributed by atoms with van der Waals surface area (Å²) in [4.78, 5) is 37.4. The molecule has 6 heteroatoms. The van der Waals surface area contributed by atoms with E-state index in [0.717, 1.165) is 49.4 Å². The normalized spacial score (nSPS) is 20.7. The van der Waals surface area contributed by atoms with Crippen molar-refractivity contribution in [3.63, 3.8) is 0 Å². The molecule has 1 saturated heterocycles. The highest BCUT2D eigenvalue weighted by Crippen LogP contribution is 2.27. The highest BCUT2D eigenvalue weighted by atomic mass is 16.2. The van der Waals surface area contributed by atoms with Crippen molar-refractivity contribution in [2.24, 2.45) is 5.41 Å². The molecule has 142 valence electrons. The van der Waals surface area contributed by atoms with E-state index in [1.54, 1.807) is 6.92 Å². The minimum atomic E-state index is 0.00128. The zero-order valence-electron chi connectivity index (χ0n) is 16.4. The maximum absolute atomic E-state index is 12.5. The molecule has 0 bridgehead atoms. The standard InChI is InChI=1S/C20H30N4O2/c1-14(25)23-8-5-6-15(12-23)19-21-11-16-13-24(9-7-17(16)22-19)18(26)10-20(2,3)4/h11,15H,5-10,12-13H2,1-4H3/t15-/m1/s1. The largest absolute Gasteiger partial charge is 0.342 e. The number of piperidine rings is 1. The number of carbonyl (C=O) groups excluding carboxylic acids is 2. The molecule has 0 saturated carbocycles. The number of hydrogen-bond acceptors (Lipinski definition) is 4. The molecule has 0 N–H and O–H groups in total. The molecule has 1 fully saturated rings. The summed E-state index contributed by atoms with van der Waals surface area (Å²) in [7, 11) is 0. The number of nitrogens with zero attached hydrogens (tertiary/aromatic N) is 4. The van der Waals surface area contributed by atoms with Crippen molar-refractivity contribution in [2.75, 3.05) is 19.6 Å². The molecule has 3 heterocycles. The Balaban J connectivity index is 1.69. The van der Waals surface area contributed by atoms with Crippen LogP contribution in [0.5, 0.6) is 0 Å². The Hall–Kier alpha value is -1.98. The second-order valence-electron chi connectivity index (χ2n) is 8.81. The van der Waals surface area contributed by atoms with Crippen LogP contribution in [-0.4, -0.2) is 51.2 Å². The molecule has 1 atom stereocenters. The Kier molecular flexibility index (Phi) is 5.30. The van der Waals surface area contributed by atoms with E-state index >= 15 is 0 Å². The van der Waals surface area contributed by atoms with Gasteiger partial charge in [0.1, 0.15) is 5.82 Å². The van der Waals surface area contributed by atoms with Crippen LogP contribution in [0, 0.1) is 5.41 Å². The van der Waals surface area contributed by atoms with Crippen LogP contribution in [0.4, 0.5) is 0 Å². The summed E-state index contributed by atoms with van der Waals surface area (Å²) >= 11 is 0. The lowest BCUT2D eigenvalue weighted by molar-refractivity contribution is -0.134. The predicted octanol–water partition coefficient (Wildman–Crippen LogP) is 2.52. The molecule has 2 aliphatic heterocycles. The van der Waals surface area contributed by atoms with Crippen LogP contribution in [-0.2, 0) is 22.6 Å². The van der Waals surface area contributed by atoms with Crippen LogP contribution in [0.1, 0.15) is 70.0 Å². The second kappa shape index (κ2) is 7.33. The molecule has 1 aromatic heterocycles. The summed E-state index contributed by atoms with van der Waals surface area (Å²) in [5, 5.41) is 0. The van der Waals surface area contributed by atoms with Crippen molar-refractivity contribution in [1.29, 1.82) is 0 Å². The number of hydrogen-bond donors (Lipinski definition) is 0. The average molecular weight is 358 g/mol. The molecule has 1 aromatic rings. The summed E-state index contributed by atoms with van der Waals surface area (Å²) in [5.41, 5.74) is 2.12. The number of carbonyl (C=O) groups is 2. The highest BCUT2D eigenvalue weighted by molar-refractivity contribution is 5.77. The molecule has 26 heavy (non-hydrogen) atoms. The predicted molar refractivity (Wildman–Crippen MR) is 99.5 cm³/mol. The molecule has 2 aliphatic rings. The third-order valence-electron chi connectivity index (χ3n) is 5.22. The SMILES string of the molecule is CC(=O)N1CCC[C@@H](c2ncc3c(n2)CCN(C(=O)CC(C)(C)C)C3)C1. The van der Waals surface area contributed by atoms with E-state index in [-0.39, 0.29) is 23.1 Å². The minimum Gasteiger partial charge on any atom is -0.342 e. The first kappa shape index (κ1) is 18.8. The third-order valence-corrected chi connectivity index (χ3v) is 5.22. The van der Waals surface area contributed by atoms with E-state index in [9.17, 15) is 9.59 Å². The minimum absolute atomic E-state index is 0.00128. The Morgan fingerprint density at radius 2 is 2.00 bits per heavy atom. The first-order valence-corrected chi connectivity index (χ1v) is 9.61. The lowest BCUT2D eigenvalue weighted by atomic mass is 9.91. The fourth-order valence-corrected chi connectivity index (χ4v) is 3.78. The van der Waals surface area contributed by atoms with E-state index in [1.807, 2.05) is 16.0 Å². The van der Waals surface area contributed by atoms with Crippen LogP contribution >= 0.6 is 0 Å². The number of amides is 2. The Labute approximate surface area is 156 Å². The van der Waals surface area contributed by atoms with Crippen molar-refractivity contribution in [3.05, 3.63) is 23.3 Å². The van der Waals surface area contributed by atoms with Crippen LogP contribution in [0.3, 0.4) is 0 Å². The first-order chi connectivity index (χ1) is 12.2. The smallest absolute Gasteiger partial charge is 0.223 e. The fourth-order valence-electron chi connectivity index (χ4n) is 3.78. The Morgan fingerprint density at radius 3 is 2.69 bits per heavy atom. The van der Waals surface area contributed by atoms with Gasteiger partial charge < -0.3 is 9.80 Å². The lowest BCUT2D eigenvalue weighted by Crippen LogP contribution is -2.39. The molecule has 0 unspecified atom stereocenters. The lowest BCUT2D eigenvalue weighted by Gasteiger charge is -2.33. The van der Waals surface area contributed by atoms with E-state index in [2.05, 4.69) is 25.8 Å². The van der Waals surface area contributed by atoms with Crippen LogP contribution in [0.15, 0.2) is 6.20 Å². The molecule has 0 aliphatic carbocycles. The molecular weight excluding hydrogens is 328 g/mol. The molecule has 0 radical (unpaired) electrons. The van der Waals surface area contributed by atoms with E-state index in [4.69, 9.17) is 4.98 Å². The molecule has 6 nitrogen and oxygen atoms in total. The van der Waals surface area contributed by atoms with Gasteiger partial charge in [-0.1, -0.05) is 20.8 Å². The van der Waals surface area contributed by atoms with Gasteiger partial charge in [0, 0.05) is 63.6 Å². The van der Waals surface area contributed by atoms with Crippen molar-refractivity contribution >= 4 is 11.8 Å². The Morgan fingerprint density at radius 1 is 1.23 bits per heavy atom. The fraction of sp³-hybridized carbons (Fsp3) is 0.700. The van der Waals surface area contributed by atoms with E-state index < -0.39 is 0 Å². The zero-order valence-corrected chi connectivity index (χ0v) is 16.4. The summed E-state index contributed by atoms with van der Waals surface area (Å²) in [6.07, 6.45) is 5.26. The number of aromatic nitrogens is 2. The summed E-state index contributed by atoms with van der Waals surface area (Å²) in [6, 6.07) is 0. The van der Waals surface area contributed by atoms with Gasteiger partial charge in [-0.25, -0.2) is 9.97 Å². The number of fused-ring (bicyclic) bond motifs is 1. The van der Waals surface area contributed by atoms with Crippen molar-refractivity contribution < 1.29 is 9.59 Å². The van der Waals surface area contributed by atoms with E-state index in [1.165, 1.54) is 0 Å². The van der Waals surface area contributed by atoms with Gasteiger partial charge in [0.05, 0.1) is 5.69 Å². The topological polar surface area (TPSA) is 66.4 Å². The molecule has 0 aromatic carbocycles. The van der Waals surface area contributed by atoms with Gasteiger partial charge in [0.15, 0.2) is 0 Å². The Bertz CT molecular complexity index is 696. The van der Waals surface area contributed by atoms with Gasteiger partial charge in [0.25, 0.3) is 0 Å². The molecule has 2 amide bonds. The maximum atomic E-state index is 12.5. The van der Waals surface area contributed by atoms with Crippen LogP contribution < -0.4 is 0 Å². The van der Waals surface area contributed by atoms with Crippen molar-refractivity contribution in [2.45, 2.75) is 65.8 Å². The van der Waals surface area contributed by atoms with Crippen LogP contribution in [0.2, 0.25) is 0 Å². The maximum Gasteiger partial charge on any atom is 0.223 e. The summed E-state index contributed by atoms with van der Waals surface area (Å²) in [6.45, 7) is 10.8. The van der Waals surface area contributed by atoms with Gasteiger partial charge in [-0.3, -0.25) is 9.59 Å². The molecular formula is C20H30N4O2. The molecule has 0 spiro atoms. The van der Waals surface area contributed by atoms with Crippen molar-refractivity contribution in [1.82, 2.24) is 19.8 Å². The quantitative estimate of drug-likeness (QED) is 0.815. The van der Waals surface area contributed by atoms with Crippen LogP contribution in [0.25, 0.3) is 0 Å². The van der Waals surface area contributed by atoms with Crippen molar-refractivity contribution in [3.8, 4) is 0 Å². The number of rotatable bonds is 2. The number of likely N-dealkylation sites (tertiary alicyclic amines) is 1. The summed E-state index contributed by atoms with van der Waals surface area (Å²) < 4.78 is 0. The summed E-state index contributed by atoms with van der Waals surface area (Å²) in [5.74, 6) is 1.40. The second-order valence-corrected chi connectivity index (χ2v) is 8.81. The zero-order chi connectivity index (χ0) is 18.9. The van der Waals surface area contributed by atoms with Gasteiger partial charge >= 0.3 is 0 Å².